The van der Waals surface area contributed by atoms with Crippen molar-refractivity contribution in [3.8, 4) is 0 Å². The molecule has 1 rings (SSSR count). The molecule has 0 aliphatic heterocycles. The molecular formula is C10H9NO3W. The first-order valence-electron chi connectivity index (χ1n) is 4.06. The van der Waals surface area contributed by atoms with Crippen molar-refractivity contribution in [2.75, 3.05) is 6.61 Å². The molecular weight excluding hydrogens is 366 g/mol. The molecule has 0 saturated carbocycles. The molecule has 0 spiro atoms. The number of carbonyl (C=O) groups excluding carboxylic acids is 1. The Hall–Kier alpha value is -1.15. The third-order valence-electron chi connectivity index (χ3n) is 1.54. The first kappa shape index (κ1) is 13.8. The second-order valence-electron chi connectivity index (χ2n) is 2.48. The summed E-state index contributed by atoms with van der Waals surface area (Å²) >= 11 is 0. The molecule has 0 fully saturated rings. The van der Waals surface area contributed by atoms with Crippen LogP contribution < -0.4 is 5.56 Å². The number of aromatic amines is 1. The van der Waals surface area contributed by atoms with Crippen LogP contribution in [0.5, 0.6) is 0 Å². The molecule has 0 saturated heterocycles. The van der Waals surface area contributed by atoms with Crippen molar-refractivity contribution < 1.29 is 30.6 Å². The summed E-state index contributed by atoms with van der Waals surface area (Å²) in [6, 6.07) is 1.33. The second-order valence-corrected chi connectivity index (χ2v) is 2.48. The van der Waals surface area contributed by atoms with Crippen LogP contribution >= 0.6 is 0 Å². The summed E-state index contributed by atoms with van der Waals surface area (Å²) in [5.41, 5.74) is -0.163. The third kappa shape index (κ3) is 3.48. The van der Waals surface area contributed by atoms with Gasteiger partial charge >= 0.3 is 27.0 Å². The fraction of sp³-hybridized carbons (Fsp3) is 0.200. The van der Waals surface area contributed by atoms with E-state index in [2.05, 4.69) is 15.9 Å². The number of carbonyl (C=O) groups is 1. The van der Waals surface area contributed by atoms with Gasteiger partial charge in [-0.15, -0.1) is 0 Å². The molecule has 1 aromatic rings. The van der Waals surface area contributed by atoms with E-state index in [0.717, 1.165) is 0 Å². The van der Waals surface area contributed by atoms with Crippen LogP contribution in [0.1, 0.15) is 22.8 Å². The monoisotopic (exact) mass is 375 g/mol. The Bertz CT molecular complexity index is 411. The van der Waals surface area contributed by atoms with Gasteiger partial charge in [0.25, 0.3) is 0 Å². The zero-order chi connectivity index (χ0) is 10.6. The van der Waals surface area contributed by atoms with Gasteiger partial charge in [0, 0.05) is 5.56 Å². The molecule has 1 N–H and O–H groups in total. The predicted molar refractivity (Wildman–Crippen MR) is 50.6 cm³/mol. The number of H-pyrrole nitrogens is 1. The van der Waals surface area contributed by atoms with Crippen LogP contribution in [0.3, 0.4) is 0 Å². The zero-order valence-electron chi connectivity index (χ0n) is 8.07. The molecule has 0 radical (unpaired) electrons. The van der Waals surface area contributed by atoms with E-state index >= 15 is 0 Å². The summed E-state index contributed by atoms with van der Waals surface area (Å²) in [6.45, 7) is 7.10. The van der Waals surface area contributed by atoms with Crippen LogP contribution in [0.2, 0.25) is 0 Å². The summed E-state index contributed by atoms with van der Waals surface area (Å²) in [5.74, 6) is -0.661. The largest absolute Gasteiger partial charge is 2.00 e. The SMILES string of the molecule is [CH-]=Cc1[c-][nH]c(=O)c(C(=O)OCC)c1.[W+2]. The van der Waals surface area contributed by atoms with Gasteiger partial charge in [0.05, 0.1) is 6.61 Å². The summed E-state index contributed by atoms with van der Waals surface area (Å²) in [6.07, 6.45) is 3.73. The third-order valence-corrected chi connectivity index (χ3v) is 1.54. The maximum Gasteiger partial charge on any atom is 2.00 e. The van der Waals surface area contributed by atoms with Crippen molar-refractivity contribution in [3.05, 3.63) is 40.3 Å². The van der Waals surface area contributed by atoms with E-state index in [1.54, 1.807) is 6.92 Å². The second kappa shape index (κ2) is 6.35. The fourth-order valence-corrected chi connectivity index (χ4v) is 0.904. The van der Waals surface area contributed by atoms with E-state index in [9.17, 15) is 9.59 Å². The minimum absolute atomic E-state index is 0. The maximum atomic E-state index is 11.2. The first-order valence-corrected chi connectivity index (χ1v) is 4.06. The van der Waals surface area contributed by atoms with Gasteiger partial charge in [0.1, 0.15) is 0 Å². The van der Waals surface area contributed by atoms with Crippen molar-refractivity contribution in [2.24, 2.45) is 0 Å². The van der Waals surface area contributed by atoms with E-state index in [1.807, 2.05) is 0 Å². The first-order chi connectivity index (χ1) is 6.69. The molecule has 0 atom stereocenters. The van der Waals surface area contributed by atoms with Crippen LogP contribution in [0, 0.1) is 12.8 Å². The van der Waals surface area contributed by atoms with Gasteiger partial charge < -0.3 is 27.2 Å². The van der Waals surface area contributed by atoms with Crippen molar-refractivity contribution in [1.82, 2.24) is 4.98 Å². The Morgan fingerprint density at radius 3 is 2.93 bits per heavy atom. The zero-order valence-corrected chi connectivity index (χ0v) is 11.0. The summed E-state index contributed by atoms with van der Waals surface area (Å²) in [7, 11) is 0. The summed E-state index contributed by atoms with van der Waals surface area (Å²) in [4.78, 5) is 24.7. The number of nitrogens with one attached hydrogen (secondary N) is 1. The molecule has 0 aliphatic rings. The molecule has 0 amide bonds. The fourth-order valence-electron chi connectivity index (χ4n) is 0.904. The average Bonchev–Trinajstić information content (AvgIpc) is 2.19. The molecule has 1 aromatic heterocycles. The molecule has 0 bridgehead atoms. The minimum Gasteiger partial charge on any atom is -0.463 e. The van der Waals surface area contributed by atoms with E-state index < -0.39 is 11.5 Å². The molecule has 0 aromatic carbocycles. The molecule has 15 heavy (non-hydrogen) atoms. The number of aromatic nitrogens is 1. The number of hydrogen-bond acceptors (Lipinski definition) is 3. The predicted octanol–water partition coefficient (Wildman–Crippen LogP) is 0.795. The van der Waals surface area contributed by atoms with Crippen LogP contribution in [-0.4, -0.2) is 17.6 Å². The van der Waals surface area contributed by atoms with Crippen molar-refractivity contribution in [1.29, 1.82) is 0 Å². The normalized spacial score (nSPS) is 8.87. The number of esters is 1. The smallest absolute Gasteiger partial charge is 0.463 e. The van der Waals surface area contributed by atoms with E-state index in [0.29, 0.717) is 5.56 Å². The number of pyridine rings is 1. The molecule has 0 unspecified atom stereocenters. The van der Waals surface area contributed by atoms with Gasteiger partial charge in [-0.25, -0.2) is 10.9 Å². The van der Waals surface area contributed by atoms with Crippen LogP contribution in [-0.2, 0) is 25.8 Å². The number of hydrogen-bond donors (Lipinski definition) is 1. The topological polar surface area (TPSA) is 59.2 Å². The van der Waals surface area contributed by atoms with Crippen LogP contribution in [0.4, 0.5) is 0 Å². The minimum atomic E-state index is -0.661. The van der Waals surface area contributed by atoms with Crippen LogP contribution in [0.15, 0.2) is 10.9 Å². The van der Waals surface area contributed by atoms with Gasteiger partial charge in [-0.1, -0.05) is 0 Å². The molecule has 1 heterocycles. The molecule has 4 nitrogen and oxygen atoms in total. The molecule has 5 heteroatoms. The maximum absolute atomic E-state index is 11.2. The van der Waals surface area contributed by atoms with Gasteiger partial charge in [0.15, 0.2) is 5.56 Å². The standard InChI is InChI=1S/C10H9NO3.W/c1-3-7-5-8(9(12)11-6-7)10(13)14-4-2;/h1,3,5H,4H2,2H3,(H,11,12);/q-2;+2. The van der Waals surface area contributed by atoms with Gasteiger partial charge in [-0.3, -0.25) is 5.56 Å². The van der Waals surface area contributed by atoms with Gasteiger partial charge in [-0.05, 0) is 6.92 Å². The Morgan fingerprint density at radius 1 is 1.73 bits per heavy atom. The van der Waals surface area contributed by atoms with E-state index in [4.69, 9.17) is 6.58 Å². The molecule has 78 valence electrons. The van der Waals surface area contributed by atoms with Crippen molar-refractivity contribution in [2.45, 2.75) is 6.92 Å². The van der Waals surface area contributed by atoms with E-state index in [-0.39, 0.29) is 33.2 Å². The number of rotatable bonds is 3. The van der Waals surface area contributed by atoms with Crippen molar-refractivity contribution >= 4 is 12.0 Å². The average molecular weight is 375 g/mol. The summed E-state index contributed by atoms with van der Waals surface area (Å²) in [5, 5.41) is 0. The van der Waals surface area contributed by atoms with Gasteiger partial charge in [-0.2, -0.15) is 6.20 Å². The Balaban J connectivity index is 0.00000196. The number of ether oxygens (including phenoxy) is 1. The van der Waals surface area contributed by atoms with Gasteiger partial charge in [0.2, 0.25) is 0 Å². The van der Waals surface area contributed by atoms with E-state index in [1.165, 1.54) is 12.1 Å². The Morgan fingerprint density at radius 2 is 2.40 bits per heavy atom. The molecule has 0 aliphatic carbocycles. The summed E-state index contributed by atoms with van der Waals surface area (Å²) < 4.78 is 4.68. The Kier molecular flexibility index (Phi) is 5.87. The van der Waals surface area contributed by atoms with Crippen molar-refractivity contribution in [3.63, 3.8) is 0 Å². The Labute approximate surface area is 102 Å². The quantitative estimate of drug-likeness (QED) is 0.628. The van der Waals surface area contributed by atoms with Crippen LogP contribution in [0.25, 0.3) is 6.08 Å².